The maximum absolute atomic E-state index is 14.0. The van der Waals surface area contributed by atoms with Crippen molar-refractivity contribution in [2.45, 2.75) is 44.6 Å². The van der Waals surface area contributed by atoms with Crippen LogP contribution in [0.2, 0.25) is 0 Å². The van der Waals surface area contributed by atoms with Crippen molar-refractivity contribution in [3.05, 3.63) is 12.0 Å². The molecule has 2 atom stereocenters. The fourth-order valence-corrected chi connectivity index (χ4v) is 2.06. The first kappa shape index (κ1) is 18.4. The lowest BCUT2D eigenvalue weighted by Crippen LogP contribution is -2.40. The zero-order valence-corrected chi connectivity index (χ0v) is 12.6. The summed E-state index contributed by atoms with van der Waals surface area (Å²) in [5, 5.41) is 14.0. The van der Waals surface area contributed by atoms with Crippen molar-refractivity contribution in [2.24, 2.45) is 10.1 Å². The van der Waals surface area contributed by atoms with E-state index in [9.17, 15) is 13.2 Å². The van der Waals surface area contributed by atoms with E-state index in [4.69, 9.17) is 9.94 Å². The smallest absolute Gasteiger partial charge is 0.295 e. The number of unbranched alkanes of at least 4 members (excludes halogenated alkanes) is 1. The molecule has 1 saturated heterocycles. The standard InChI is InChI=1S/C13H21F3N4O2/c1-4-5-6-18-10-7-13(15,16)12(22-10)20(3)8-9(14)11(17-2)19-21/h8,10,12,18,21H,2,4-7H2,1,3H3/b9-8+,19-11?/t10?,12-/m1/s1. The lowest BCUT2D eigenvalue weighted by atomic mass is 10.2. The van der Waals surface area contributed by atoms with Crippen molar-refractivity contribution < 1.29 is 23.1 Å². The van der Waals surface area contributed by atoms with Gasteiger partial charge in [0.1, 0.15) is 6.23 Å². The minimum Gasteiger partial charge on any atom is -0.409 e. The lowest BCUT2D eigenvalue weighted by molar-refractivity contribution is -0.133. The minimum atomic E-state index is -3.15. The molecule has 2 N–H and O–H groups in total. The van der Waals surface area contributed by atoms with Gasteiger partial charge in [-0.2, -0.15) is 0 Å². The van der Waals surface area contributed by atoms with Crippen LogP contribution in [0.5, 0.6) is 0 Å². The molecule has 9 heteroatoms. The van der Waals surface area contributed by atoms with Gasteiger partial charge in [-0.15, -0.1) is 0 Å². The predicted octanol–water partition coefficient (Wildman–Crippen LogP) is 2.31. The number of hydrogen-bond donors (Lipinski definition) is 2. The first-order valence-electron chi connectivity index (χ1n) is 6.90. The van der Waals surface area contributed by atoms with Crippen molar-refractivity contribution >= 4 is 12.6 Å². The van der Waals surface area contributed by atoms with E-state index in [1.807, 2.05) is 6.92 Å². The third-order valence-electron chi connectivity index (χ3n) is 3.16. The number of alkyl halides is 2. The fourth-order valence-electron chi connectivity index (χ4n) is 2.06. The highest BCUT2D eigenvalue weighted by atomic mass is 19.3. The summed E-state index contributed by atoms with van der Waals surface area (Å²) >= 11 is 0. The van der Waals surface area contributed by atoms with Gasteiger partial charge < -0.3 is 14.8 Å². The molecule has 0 aromatic heterocycles. The van der Waals surface area contributed by atoms with Crippen LogP contribution < -0.4 is 5.32 Å². The number of nitrogens with zero attached hydrogens (tertiary/aromatic N) is 3. The third-order valence-corrected chi connectivity index (χ3v) is 3.16. The van der Waals surface area contributed by atoms with Gasteiger partial charge >= 0.3 is 0 Å². The quantitative estimate of drug-likeness (QED) is 0.248. The van der Waals surface area contributed by atoms with Crippen LogP contribution >= 0.6 is 0 Å². The van der Waals surface area contributed by atoms with Crippen LogP contribution in [0, 0.1) is 0 Å². The van der Waals surface area contributed by atoms with Gasteiger partial charge in [-0.25, -0.2) is 18.2 Å². The second kappa shape index (κ2) is 8.14. The summed E-state index contributed by atoms with van der Waals surface area (Å²) in [5.41, 5.74) is 0. The Balaban J connectivity index is 2.73. The van der Waals surface area contributed by atoms with E-state index in [-0.39, 0.29) is 0 Å². The molecule has 6 nitrogen and oxygen atoms in total. The topological polar surface area (TPSA) is 69.5 Å². The molecule has 1 fully saturated rings. The fraction of sp³-hybridized carbons (Fsp3) is 0.692. The molecule has 126 valence electrons. The normalized spacial score (nSPS) is 25.3. The lowest BCUT2D eigenvalue weighted by Gasteiger charge is -2.26. The molecule has 22 heavy (non-hydrogen) atoms. The highest BCUT2D eigenvalue weighted by molar-refractivity contribution is 5.98. The Morgan fingerprint density at radius 3 is 2.82 bits per heavy atom. The predicted molar refractivity (Wildman–Crippen MR) is 76.9 cm³/mol. The van der Waals surface area contributed by atoms with Crippen molar-refractivity contribution in [1.82, 2.24) is 10.2 Å². The maximum Gasteiger partial charge on any atom is 0.295 e. The number of ether oxygens (including phenoxy) is 1. The number of oxime groups is 1. The molecule has 0 aliphatic carbocycles. The Morgan fingerprint density at radius 2 is 2.27 bits per heavy atom. The van der Waals surface area contributed by atoms with Crippen LogP contribution in [0.3, 0.4) is 0 Å². The summed E-state index contributed by atoms with van der Waals surface area (Å²) < 4.78 is 46.8. The first-order valence-corrected chi connectivity index (χ1v) is 6.90. The van der Waals surface area contributed by atoms with Crippen LogP contribution in [-0.4, -0.2) is 54.6 Å². The molecular formula is C13H21F3N4O2. The van der Waals surface area contributed by atoms with Crippen molar-refractivity contribution in [2.75, 3.05) is 13.6 Å². The maximum atomic E-state index is 14.0. The number of amidine groups is 1. The third kappa shape index (κ3) is 4.70. The number of aliphatic imine (C=N–C) groups is 1. The van der Waals surface area contributed by atoms with Crippen molar-refractivity contribution in [3.8, 4) is 0 Å². The molecule has 1 heterocycles. The number of halogens is 3. The van der Waals surface area contributed by atoms with Gasteiger partial charge in [0.2, 0.25) is 5.84 Å². The van der Waals surface area contributed by atoms with Crippen LogP contribution in [0.25, 0.3) is 0 Å². The largest absolute Gasteiger partial charge is 0.409 e. The van der Waals surface area contributed by atoms with E-state index < -0.39 is 36.5 Å². The molecule has 0 spiro atoms. The average Bonchev–Trinajstić information content (AvgIpc) is 2.75. The number of nitrogens with one attached hydrogen (secondary N) is 1. The Hall–Kier alpha value is -1.61. The van der Waals surface area contributed by atoms with Gasteiger partial charge in [0, 0.05) is 13.2 Å². The number of rotatable bonds is 7. The highest BCUT2D eigenvalue weighted by Gasteiger charge is 2.51. The van der Waals surface area contributed by atoms with Gasteiger partial charge in [-0.05, 0) is 19.7 Å². The Bertz CT molecular complexity index is 443. The van der Waals surface area contributed by atoms with Crippen molar-refractivity contribution in [3.63, 3.8) is 0 Å². The molecule has 0 aromatic rings. The first-order chi connectivity index (χ1) is 10.4. The summed E-state index contributed by atoms with van der Waals surface area (Å²) in [5.74, 6) is -4.93. The SMILES string of the molecule is C=NC(=NO)/C(F)=C\N(C)[C@@H]1OC(NCCCC)CC1(F)F. The van der Waals surface area contributed by atoms with Crippen LogP contribution in [0.1, 0.15) is 26.2 Å². The number of hydrogen-bond acceptors (Lipinski definition) is 5. The highest BCUT2D eigenvalue weighted by Crippen LogP contribution is 2.36. The second-order valence-corrected chi connectivity index (χ2v) is 4.97. The molecule has 0 saturated carbocycles. The zero-order chi connectivity index (χ0) is 16.8. The summed E-state index contributed by atoms with van der Waals surface area (Å²) in [6.07, 6.45) is -0.401. The molecule has 0 radical (unpaired) electrons. The Morgan fingerprint density at radius 1 is 1.59 bits per heavy atom. The average molecular weight is 322 g/mol. The minimum absolute atomic E-state index is 0.498. The molecule has 0 bridgehead atoms. The van der Waals surface area contributed by atoms with Crippen LogP contribution in [0.4, 0.5) is 13.2 Å². The van der Waals surface area contributed by atoms with Gasteiger partial charge in [0.15, 0.2) is 12.1 Å². The van der Waals surface area contributed by atoms with Crippen LogP contribution in [-0.2, 0) is 4.74 Å². The van der Waals surface area contributed by atoms with E-state index in [0.29, 0.717) is 6.54 Å². The molecule has 1 rings (SSSR count). The summed E-state index contributed by atoms with van der Waals surface area (Å²) in [7, 11) is 1.24. The van der Waals surface area contributed by atoms with Crippen molar-refractivity contribution in [1.29, 1.82) is 0 Å². The monoisotopic (exact) mass is 322 g/mol. The molecule has 1 aliphatic rings. The summed E-state index contributed by atoms with van der Waals surface area (Å²) in [6, 6.07) is 0. The molecule has 0 aromatic carbocycles. The van der Waals surface area contributed by atoms with Gasteiger partial charge in [-0.3, -0.25) is 5.32 Å². The molecule has 1 unspecified atom stereocenters. The Kier molecular flexibility index (Phi) is 6.82. The van der Waals surface area contributed by atoms with E-state index in [1.54, 1.807) is 0 Å². The Labute approximate surface area is 127 Å². The van der Waals surface area contributed by atoms with E-state index in [0.717, 1.165) is 23.9 Å². The van der Waals surface area contributed by atoms with Gasteiger partial charge in [0.25, 0.3) is 5.92 Å². The van der Waals surface area contributed by atoms with Gasteiger partial charge in [0.05, 0.1) is 6.42 Å². The van der Waals surface area contributed by atoms with E-state index in [1.165, 1.54) is 7.05 Å². The molecule has 0 amide bonds. The zero-order valence-electron chi connectivity index (χ0n) is 12.6. The van der Waals surface area contributed by atoms with Gasteiger partial charge in [-0.1, -0.05) is 18.5 Å². The second-order valence-electron chi connectivity index (χ2n) is 4.97. The van der Waals surface area contributed by atoms with E-state index in [2.05, 4.69) is 22.2 Å². The summed E-state index contributed by atoms with van der Waals surface area (Å²) in [4.78, 5) is 4.01. The molecular weight excluding hydrogens is 301 g/mol. The summed E-state index contributed by atoms with van der Waals surface area (Å²) in [6.45, 7) is 5.57. The van der Waals surface area contributed by atoms with Crippen LogP contribution in [0.15, 0.2) is 22.2 Å². The van der Waals surface area contributed by atoms with E-state index >= 15 is 0 Å². The molecule has 1 aliphatic heterocycles.